The number of carbonyl (C=O) groups is 1. The van der Waals surface area contributed by atoms with Crippen molar-refractivity contribution in [3.63, 3.8) is 0 Å². The summed E-state index contributed by atoms with van der Waals surface area (Å²) in [5, 5.41) is 6.65. The van der Waals surface area contributed by atoms with Crippen LogP contribution in [-0.2, 0) is 4.79 Å². The number of hydrogen-bond donors (Lipinski definition) is 2. The van der Waals surface area contributed by atoms with Crippen molar-refractivity contribution in [2.24, 2.45) is 0 Å². The maximum Gasteiger partial charge on any atom is 0.221 e. The summed E-state index contributed by atoms with van der Waals surface area (Å²) in [5.74, 6) is 0.0535. The van der Waals surface area contributed by atoms with Gasteiger partial charge in [-0.25, -0.2) is 0 Å². The second-order valence-corrected chi connectivity index (χ2v) is 9.77. The Morgan fingerprint density at radius 2 is 1.44 bits per heavy atom. The summed E-state index contributed by atoms with van der Waals surface area (Å²) in [5.41, 5.74) is 0. The van der Waals surface area contributed by atoms with Crippen molar-refractivity contribution in [2.75, 3.05) is 6.54 Å². The van der Waals surface area contributed by atoms with Gasteiger partial charge in [0.15, 0.2) is 12.3 Å². The quantitative estimate of drug-likeness (QED) is 0.115. The zero-order valence-corrected chi connectivity index (χ0v) is 21.8. The van der Waals surface area contributed by atoms with Crippen molar-refractivity contribution >= 4 is 5.91 Å². The topological polar surface area (TPSA) is 41.1 Å². The molecule has 186 valence electrons. The van der Waals surface area contributed by atoms with E-state index in [9.17, 15) is 4.79 Å². The molecule has 1 rings (SSSR count). The van der Waals surface area contributed by atoms with Gasteiger partial charge in [0.25, 0.3) is 0 Å². The molecule has 0 aliphatic carbocycles. The third kappa shape index (κ3) is 11.5. The van der Waals surface area contributed by atoms with Gasteiger partial charge in [0.05, 0.1) is 12.7 Å². The molecule has 0 fully saturated rings. The summed E-state index contributed by atoms with van der Waals surface area (Å²) in [4.78, 5) is 11.5. The molecule has 1 aliphatic heterocycles. The fraction of sp³-hybridized carbons (Fsp3) is 0.821. The van der Waals surface area contributed by atoms with Crippen molar-refractivity contribution in [1.82, 2.24) is 10.6 Å². The van der Waals surface area contributed by atoms with E-state index >= 15 is 0 Å². The Labute approximate surface area is 199 Å². The highest BCUT2D eigenvalue weighted by Crippen LogP contribution is 2.26. The van der Waals surface area contributed by atoms with E-state index in [4.69, 9.17) is 0 Å². The van der Waals surface area contributed by atoms with E-state index in [1.807, 2.05) is 0 Å². The normalized spacial score (nSPS) is 21.2. The third-order valence-corrected chi connectivity index (χ3v) is 7.12. The monoisotopic (exact) mass is 448 g/mol. The maximum atomic E-state index is 11.5. The first-order chi connectivity index (χ1) is 15.6. The van der Waals surface area contributed by atoms with Crippen LogP contribution in [0.5, 0.6) is 0 Å². The minimum atomic E-state index is 0.0535. The molecular formula is C28H54N3O+. The Bertz CT molecular complexity index is 531. The number of unbranched alkanes of at least 4 members (excludes halogenated alkanes) is 13. The first kappa shape index (κ1) is 28.7. The van der Waals surface area contributed by atoms with Crippen LogP contribution in [0.15, 0.2) is 24.6 Å². The first-order valence-corrected chi connectivity index (χ1v) is 13.8. The van der Waals surface area contributed by atoms with E-state index < -0.39 is 0 Å². The van der Waals surface area contributed by atoms with Gasteiger partial charge < -0.3 is 10.6 Å². The van der Waals surface area contributed by atoms with E-state index in [0.717, 1.165) is 11.0 Å². The van der Waals surface area contributed by atoms with Crippen LogP contribution in [-0.4, -0.2) is 29.3 Å². The van der Waals surface area contributed by atoms with Crippen LogP contribution in [0.2, 0.25) is 0 Å². The summed E-state index contributed by atoms with van der Waals surface area (Å²) >= 11 is 0. The zero-order chi connectivity index (χ0) is 23.5. The van der Waals surface area contributed by atoms with Gasteiger partial charge in [0.2, 0.25) is 5.91 Å². The van der Waals surface area contributed by atoms with Gasteiger partial charge in [-0.3, -0.25) is 9.28 Å². The number of allylic oxidation sites excluding steroid dienone is 2. The Morgan fingerprint density at radius 1 is 0.906 bits per heavy atom. The van der Waals surface area contributed by atoms with E-state index in [1.54, 1.807) is 6.92 Å². The van der Waals surface area contributed by atoms with Crippen molar-refractivity contribution in [3.8, 4) is 0 Å². The molecule has 0 radical (unpaired) electrons. The van der Waals surface area contributed by atoms with Crippen LogP contribution in [0.25, 0.3) is 0 Å². The van der Waals surface area contributed by atoms with Crippen molar-refractivity contribution in [1.29, 1.82) is 0 Å². The molecule has 0 saturated carbocycles. The Kier molecular flexibility index (Phi) is 16.3. The summed E-state index contributed by atoms with van der Waals surface area (Å²) in [6, 6.07) is 0. The van der Waals surface area contributed by atoms with Gasteiger partial charge in [0.1, 0.15) is 6.20 Å². The molecular weight excluding hydrogens is 394 g/mol. The second kappa shape index (κ2) is 18.2. The molecule has 3 unspecified atom stereocenters. The lowest BCUT2D eigenvalue weighted by molar-refractivity contribution is -0.923. The number of quaternary nitrogens is 1. The van der Waals surface area contributed by atoms with Crippen LogP contribution in [0.1, 0.15) is 130 Å². The highest BCUT2D eigenvalue weighted by atomic mass is 16.1. The van der Waals surface area contributed by atoms with Crippen LogP contribution < -0.4 is 10.6 Å². The van der Waals surface area contributed by atoms with Gasteiger partial charge in [-0.15, -0.1) is 0 Å². The number of nitrogens with zero attached hydrogens (tertiary/aromatic N) is 1. The van der Waals surface area contributed by atoms with E-state index in [0.29, 0.717) is 6.17 Å². The predicted octanol–water partition coefficient (Wildman–Crippen LogP) is 7.52. The number of rotatable bonds is 20. The molecule has 0 aromatic rings. The average Bonchev–Trinajstić information content (AvgIpc) is 3.19. The van der Waals surface area contributed by atoms with Gasteiger partial charge in [-0.2, -0.15) is 0 Å². The molecule has 1 heterocycles. The highest BCUT2D eigenvalue weighted by Gasteiger charge is 2.41. The minimum Gasteiger partial charge on any atom is -0.338 e. The summed E-state index contributed by atoms with van der Waals surface area (Å²) in [6.45, 7) is 9.19. The average molecular weight is 449 g/mol. The first-order valence-electron chi connectivity index (χ1n) is 13.8. The third-order valence-electron chi connectivity index (χ3n) is 7.12. The Balaban J connectivity index is 1.98. The van der Waals surface area contributed by atoms with Gasteiger partial charge in [-0.1, -0.05) is 89.7 Å². The molecule has 3 atom stereocenters. The Morgan fingerprint density at radius 3 is 1.97 bits per heavy atom. The molecule has 32 heavy (non-hydrogen) atoms. The van der Waals surface area contributed by atoms with Crippen LogP contribution in [0.4, 0.5) is 0 Å². The van der Waals surface area contributed by atoms with Crippen molar-refractivity contribution in [3.05, 3.63) is 24.6 Å². The number of carbonyl (C=O) groups excluding carboxylic acids is 1. The molecule has 1 amide bonds. The lowest BCUT2D eigenvalue weighted by atomic mass is 10.0. The second-order valence-electron chi connectivity index (χ2n) is 9.77. The zero-order valence-electron chi connectivity index (χ0n) is 21.8. The molecule has 0 aromatic carbocycles. The van der Waals surface area contributed by atoms with E-state index in [2.05, 4.69) is 56.0 Å². The predicted molar refractivity (Wildman–Crippen MR) is 139 cm³/mol. The van der Waals surface area contributed by atoms with Gasteiger partial charge in [-0.05, 0) is 32.6 Å². The largest absolute Gasteiger partial charge is 0.338 e. The Hall–Kier alpha value is -1.29. The molecule has 0 spiro atoms. The molecule has 0 aromatic heterocycles. The SMILES string of the molecule is CCC/C=C/CCCCCCCCCCCCCCC1NC=C[N+]1(CC)C(C)NC(C)=O. The van der Waals surface area contributed by atoms with Crippen LogP contribution in [0, 0.1) is 0 Å². The maximum absolute atomic E-state index is 11.5. The molecule has 0 saturated heterocycles. The summed E-state index contributed by atoms with van der Waals surface area (Å²) in [7, 11) is 0. The standard InChI is InChI=1S/C28H53N3O/c1-5-7-8-9-10-11-12-13-14-15-16-17-18-19-20-21-22-23-28-29-24-25-31(28,6-2)26(3)30-27(4)32/h8-9,24-26,28-29H,5-7,10-23H2,1-4H3/p+1/b9-8+. The highest BCUT2D eigenvalue weighted by molar-refractivity contribution is 5.72. The van der Waals surface area contributed by atoms with E-state index in [-0.39, 0.29) is 12.1 Å². The van der Waals surface area contributed by atoms with Gasteiger partial charge >= 0.3 is 0 Å². The lowest BCUT2D eigenvalue weighted by Gasteiger charge is -2.41. The van der Waals surface area contributed by atoms with Crippen molar-refractivity contribution < 1.29 is 9.28 Å². The smallest absolute Gasteiger partial charge is 0.221 e. The molecule has 1 aliphatic rings. The van der Waals surface area contributed by atoms with Crippen molar-refractivity contribution in [2.45, 2.75) is 143 Å². The summed E-state index contributed by atoms with van der Waals surface area (Å²) in [6.07, 6.45) is 31.1. The lowest BCUT2D eigenvalue weighted by Crippen LogP contribution is -2.62. The number of nitrogens with one attached hydrogen (secondary N) is 2. The fourth-order valence-corrected chi connectivity index (χ4v) is 5.04. The molecule has 4 nitrogen and oxygen atoms in total. The fourth-order valence-electron chi connectivity index (χ4n) is 5.04. The van der Waals surface area contributed by atoms with E-state index in [1.165, 1.54) is 103 Å². The van der Waals surface area contributed by atoms with Crippen LogP contribution in [0.3, 0.4) is 0 Å². The number of hydrogen-bond acceptors (Lipinski definition) is 2. The molecule has 0 bridgehead atoms. The van der Waals surface area contributed by atoms with Gasteiger partial charge in [0, 0.05) is 20.3 Å². The molecule has 2 N–H and O–H groups in total. The summed E-state index contributed by atoms with van der Waals surface area (Å²) < 4.78 is 0.815. The number of amides is 1. The molecule has 4 heteroatoms. The minimum absolute atomic E-state index is 0.0535. The van der Waals surface area contributed by atoms with Crippen LogP contribution >= 0.6 is 0 Å².